The Balaban J connectivity index is 1.10. The number of aromatic nitrogens is 2. The molecule has 10 rings (SSSR count). The van der Waals surface area contributed by atoms with E-state index in [4.69, 9.17) is 14.4 Å². The number of furan rings is 1. The van der Waals surface area contributed by atoms with Gasteiger partial charge >= 0.3 is 0 Å². The minimum Gasteiger partial charge on any atom is -0.455 e. The molecule has 1 aliphatic carbocycles. The fourth-order valence-electron chi connectivity index (χ4n) is 7.87. The maximum absolute atomic E-state index is 6.47. The summed E-state index contributed by atoms with van der Waals surface area (Å²) in [4.78, 5) is 10.3. The summed E-state index contributed by atoms with van der Waals surface area (Å²) in [5.74, 6) is 0.740. The highest BCUT2D eigenvalue weighted by Crippen LogP contribution is 2.49. The maximum Gasteiger partial charge on any atom is 0.160 e. The number of fused-ring (bicyclic) bond motifs is 9. The number of rotatable bonds is 3. The summed E-state index contributed by atoms with van der Waals surface area (Å²) >= 11 is 0. The van der Waals surface area contributed by atoms with E-state index in [9.17, 15) is 0 Å². The number of benzene rings is 7. The average molecular weight is 615 g/mol. The first-order valence-corrected chi connectivity index (χ1v) is 16.5. The van der Waals surface area contributed by atoms with Crippen LogP contribution in [0.1, 0.15) is 25.0 Å². The molecule has 0 unspecified atom stereocenters. The molecule has 0 atom stereocenters. The van der Waals surface area contributed by atoms with Gasteiger partial charge in [-0.15, -0.1) is 0 Å². The molecule has 7 aromatic carbocycles. The van der Waals surface area contributed by atoms with Gasteiger partial charge in [-0.2, -0.15) is 0 Å². The standard InChI is InChI=1S/C45H30N2O/c1-45(2)37-15-6-3-11-32(37)33-24-23-30(26-38(33)45)44-46-39-16-7-4-13-36(39)42(47-44)29-20-18-27(19-21-29)31-14-9-10-28-22-25-35-34-12-5-8-17-40(34)48-43(35)41(28)31/h3-26H,1-2H3. The predicted octanol–water partition coefficient (Wildman–Crippen LogP) is 12.0. The van der Waals surface area contributed by atoms with Gasteiger partial charge in [-0.05, 0) is 63.0 Å². The molecule has 0 aliphatic heterocycles. The van der Waals surface area contributed by atoms with Crippen molar-refractivity contribution >= 4 is 43.6 Å². The molecule has 0 fully saturated rings. The van der Waals surface area contributed by atoms with Crippen LogP contribution in [0.25, 0.3) is 88.5 Å². The third-order valence-corrected chi connectivity index (χ3v) is 10.3. The van der Waals surface area contributed by atoms with Gasteiger partial charge in [0.1, 0.15) is 11.2 Å². The molecule has 226 valence electrons. The fraction of sp³-hybridized carbons (Fsp3) is 0.0667. The van der Waals surface area contributed by atoms with Crippen molar-refractivity contribution in [3.05, 3.63) is 157 Å². The van der Waals surface area contributed by atoms with E-state index in [0.29, 0.717) is 0 Å². The van der Waals surface area contributed by atoms with Crippen molar-refractivity contribution in [2.24, 2.45) is 0 Å². The molecule has 2 aromatic heterocycles. The SMILES string of the molecule is CC1(C)c2ccccc2-c2ccc(-c3nc(-c4ccc(-c5cccc6ccc7c8ccccc8oc7c56)cc4)c4ccccc4n3)cc21. The molecular weight excluding hydrogens is 585 g/mol. The smallest absolute Gasteiger partial charge is 0.160 e. The van der Waals surface area contributed by atoms with Crippen LogP contribution in [0.5, 0.6) is 0 Å². The van der Waals surface area contributed by atoms with Crippen molar-refractivity contribution < 1.29 is 4.42 Å². The lowest BCUT2D eigenvalue weighted by molar-refractivity contribution is 0.660. The predicted molar refractivity (Wildman–Crippen MR) is 198 cm³/mol. The van der Waals surface area contributed by atoms with Crippen molar-refractivity contribution in [2.45, 2.75) is 19.3 Å². The third kappa shape index (κ3) is 3.88. The van der Waals surface area contributed by atoms with Gasteiger partial charge in [-0.3, -0.25) is 0 Å². The zero-order chi connectivity index (χ0) is 32.0. The molecule has 0 N–H and O–H groups in total. The number of hydrogen-bond donors (Lipinski definition) is 0. The molecular formula is C45H30N2O. The highest BCUT2D eigenvalue weighted by atomic mass is 16.3. The molecule has 0 amide bonds. The second-order valence-electron chi connectivity index (χ2n) is 13.4. The Bertz CT molecular complexity index is 2750. The normalized spacial score (nSPS) is 13.4. The van der Waals surface area contributed by atoms with Crippen molar-refractivity contribution in [1.82, 2.24) is 9.97 Å². The topological polar surface area (TPSA) is 38.9 Å². The van der Waals surface area contributed by atoms with Crippen LogP contribution in [0.3, 0.4) is 0 Å². The second-order valence-corrected chi connectivity index (χ2v) is 13.4. The molecule has 0 saturated heterocycles. The van der Waals surface area contributed by atoms with Gasteiger partial charge in [0, 0.05) is 38.1 Å². The lowest BCUT2D eigenvalue weighted by Crippen LogP contribution is -2.15. The Morgan fingerprint density at radius 2 is 1.21 bits per heavy atom. The summed E-state index contributed by atoms with van der Waals surface area (Å²) in [7, 11) is 0. The van der Waals surface area contributed by atoms with Crippen LogP contribution in [0.15, 0.2) is 150 Å². The van der Waals surface area contributed by atoms with Crippen LogP contribution >= 0.6 is 0 Å². The number of para-hydroxylation sites is 2. The lowest BCUT2D eigenvalue weighted by atomic mass is 9.82. The zero-order valence-corrected chi connectivity index (χ0v) is 26.7. The van der Waals surface area contributed by atoms with E-state index in [2.05, 4.69) is 141 Å². The molecule has 0 saturated carbocycles. The van der Waals surface area contributed by atoms with Gasteiger partial charge in [-0.25, -0.2) is 9.97 Å². The Hall–Kier alpha value is -6.06. The van der Waals surface area contributed by atoms with Crippen LogP contribution in [-0.4, -0.2) is 9.97 Å². The van der Waals surface area contributed by atoms with Crippen molar-refractivity contribution in [3.63, 3.8) is 0 Å². The van der Waals surface area contributed by atoms with E-state index in [1.165, 1.54) is 22.3 Å². The van der Waals surface area contributed by atoms with E-state index >= 15 is 0 Å². The highest BCUT2D eigenvalue weighted by Gasteiger charge is 2.35. The molecule has 3 heteroatoms. The molecule has 2 heterocycles. The Kier molecular flexibility index (Phi) is 5.63. The summed E-state index contributed by atoms with van der Waals surface area (Å²) in [5, 5.41) is 5.62. The van der Waals surface area contributed by atoms with Gasteiger partial charge in [0.05, 0.1) is 11.2 Å². The highest BCUT2D eigenvalue weighted by molar-refractivity contribution is 6.19. The summed E-state index contributed by atoms with van der Waals surface area (Å²) in [6, 6.07) is 51.7. The van der Waals surface area contributed by atoms with Crippen LogP contribution in [0.4, 0.5) is 0 Å². The summed E-state index contributed by atoms with van der Waals surface area (Å²) in [6.45, 7) is 4.62. The molecule has 0 bridgehead atoms. The first kappa shape index (κ1) is 27.1. The first-order chi connectivity index (χ1) is 23.5. The van der Waals surface area contributed by atoms with Gasteiger partial charge in [-0.1, -0.05) is 135 Å². The largest absolute Gasteiger partial charge is 0.455 e. The van der Waals surface area contributed by atoms with Gasteiger partial charge in [0.25, 0.3) is 0 Å². The summed E-state index contributed by atoms with van der Waals surface area (Å²) in [5.41, 5.74) is 13.3. The minimum absolute atomic E-state index is 0.0903. The molecule has 48 heavy (non-hydrogen) atoms. The monoisotopic (exact) mass is 614 g/mol. The van der Waals surface area contributed by atoms with E-state index < -0.39 is 0 Å². The number of nitrogens with zero attached hydrogens (tertiary/aromatic N) is 2. The molecule has 3 nitrogen and oxygen atoms in total. The Morgan fingerprint density at radius 1 is 0.500 bits per heavy atom. The van der Waals surface area contributed by atoms with E-state index in [0.717, 1.165) is 77.4 Å². The summed E-state index contributed by atoms with van der Waals surface area (Å²) in [6.07, 6.45) is 0. The third-order valence-electron chi connectivity index (χ3n) is 10.3. The quantitative estimate of drug-likeness (QED) is 0.199. The maximum atomic E-state index is 6.47. The molecule has 9 aromatic rings. The average Bonchev–Trinajstić information content (AvgIpc) is 3.63. The van der Waals surface area contributed by atoms with Crippen molar-refractivity contribution in [2.75, 3.05) is 0 Å². The van der Waals surface area contributed by atoms with Gasteiger partial charge in [0.15, 0.2) is 5.82 Å². The van der Waals surface area contributed by atoms with Crippen LogP contribution in [-0.2, 0) is 5.41 Å². The number of hydrogen-bond acceptors (Lipinski definition) is 3. The summed E-state index contributed by atoms with van der Waals surface area (Å²) < 4.78 is 6.47. The van der Waals surface area contributed by atoms with Gasteiger partial charge < -0.3 is 4.42 Å². The fourth-order valence-corrected chi connectivity index (χ4v) is 7.87. The van der Waals surface area contributed by atoms with Gasteiger partial charge in [0.2, 0.25) is 0 Å². The van der Waals surface area contributed by atoms with Crippen molar-refractivity contribution in [3.8, 4) is 44.9 Å². The lowest BCUT2D eigenvalue weighted by Gasteiger charge is -2.21. The zero-order valence-electron chi connectivity index (χ0n) is 26.7. The minimum atomic E-state index is -0.0903. The molecule has 0 spiro atoms. The van der Waals surface area contributed by atoms with E-state index in [1.54, 1.807) is 0 Å². The Morgan fingerprint density at radius 3 is 2.10 bits per heavy atom. The van der Waals surface area contributed by atoms with Crippen LogP contribution in [0.2, 0.25) is 0 Å². The second kappa shape index (κ2) is 9.97. The van der Waals surface area contributed by atoms with Crippen LogP contribution in [0, 0.1) is 0 Å². The van der Waals surface area contributed by atoms with Crippen molar-refractivity contribution in [1.29, 1.82) is 0 Å². The first-order valence-electron chi connectivity index (χ1n) is 16.5. The van der Waals surface area contributed by atoms with E-state index in [1.807, 2.05) is 18.2 Å². The Labute approximate surface area is 278 Å². The molecule has 0 radical (unpaired) electrons. The van der Waals surface area contributed by atoms with E-state index in [-0.39, 0.29) is 5.41 Å². The van der Waals surface area contributed by atoms with Crippen LogP contribution < -0.4 is 0 Å². The molecule has 1 aliphatic rings.